The van der Waals surface area contributed by atoms with E-state index >= 15 is 0 Å². The normalized spacial score (nSPS) is 17.6. The molecule has 6 nitrogen and oxygen atoms in total. The molecule has 0 bridgehead atoms. The van der Waals surface area contributed by atoms with Crippen LogP contribution in [0.1, 0.15) is 37.7 Å². The monoisotopic (exact) mass is 395 g/mol. The molecule has 0 N–H and O–H groups in total. The van der Waals surface area contributed by atoms with Crippen molar-refractivity contribution in [1.29, 1.82) is 0 Å². The van der Waals surface area contributed by atoms with Crippen LogP contribution in [0.3, 0.4) is 0 Å². The first-order valence-electron chi connectivity index (χ1n) is 9.69. The number of benzene rings is 1. The zero-order chi connectivity index (χ0) is 19.4. The standard InChI is InChI=1S/C21H22ClN5O/c1-4-26-9-13-7-18-20(21-24-16(10-28-21)12(2)3)23-11-27(18)17-6-5-14(22)8-15(17)19(13)25-26/h5-6,8-9,11-12,16H,4,7,10H2,1-3H3/t16-/m0/s1. The highest BCUT2D eigenvalue weighted by atomic mass is 35.5. The average molecular weight is 396 g/mol. The molecule has 0 spiro atoms. The number of aromatic nitrogens is 4. The number of imidazole rings is 1. The molecular formula is C21H22ClN5O. The third kappa shape index (κ3) is 2.66. The zero-order valence-electron chi connectivity index (χ0n) is 16.2. The van der Waals surface area contributed by atoms with Gasteiger partial charge in [0.2, 0.25) is 5.90 Å². The molecule has 2 aliphatic heterocycles. The molecule has 1 atom stereocenters. The lowest BCUT2D eigenvalue weighted by Crippen LogP contribution is -2.13. The molecule has 2 aliphatic rings. The van der Waals surface area contributed by atoms with E-state index in [1.807, 2.05) is 29.2 Å². The first kappa shape index (κ1) is 17.5. The van der Waals surface area contributed by atoms with Crippen LogP contribution in [-0.4, -0.2) is 37.9 Å². The molecule has 5 rings (SSSR count). The molecule has 144 valence electrons. The minimum absolute atomic E-state index is 0.183. The van der Waals surface area contributed by atoms with Gasteiger partial charge in [0.25, 0.3) is 0 Å². The second-order valence-corrected chi connectivity index (χ2v) is 8.10. The zero-order valence-corrected chi connectivity index (χ0v) is 16.9. The average Bonchev–Trinajstić information content (AvgIpc) is 3.39. The molecule has 0 radical (unpaired) electrons. The maximum atomic E-state index is 6.32. The molecule has 4 heterocycles. The number of aliphatic imine (C=N–C) groups is 1. The van der Waals surface area contributed by atoms with E-state index in [9.17, 15) is 0 Å². The molecule has 0 aliphatic carbocycles. The van der Waals surface area contributed by atoms with E-state index in [2.05, 4.69) is 36.5 Å². The van der Waals surface area contributed by atoms with Gasteiger partial charge in [-0.15, -0.1) is 0 Å². The molecular weight excluding hydrogens is 374 g/mol. The lowest BCUT2D eigenvalue weighted by Gasteiger charge is -2.10. The van der Waals surface area contributed by atoms with Gasteiger partial charge < -0.3 is 9.30 Å². The second kappa shape index (κ2) is 6.48. The summed E-state index contributed by atoms with van der Waals surface area (Å²) >= 11 is 6.32. The quantitative estimate of drug-likeness (QED) is 0.524. The van der Waals surface area contributed by atoms with E-state index in [-0.39, 0.29) is 6.04 Å². The molecule has 0 unspecified atom stereocenters. The molecule has 2 aromatic heterocycles. The van der Waals surface area contributed by atoms with Crippen molar-refractivity contribution in [3.05, 3.63) is 52.7 Å². The van der Waals surface area contributed by atoms with E-state index in [0.29, 0.717) is 29.9 Å². The molecule has 0 amide bonds. The van der Waals surface area contributed by atoms with Crippen LogP contribution < -0.4 is 0 Å². The van der Waals surface area contributed by atoms with Crippen LogP contribution in [-0.2, 0) is 17.7 Å². The van der Waals surface area contributed by atoms with Crippen LogP contribution in [0.4, 0.5) is 0 Å². The predicted octanol–water partition coefficient (Wildman–Crippen LogP) is 4.11. The summed E-state index contributed by atoms with van der Waals surface area (Å²) in [6, 6.07) is 6.10. The van der Waals surface area contributed by atoms with Gasteiger partial charge in [-0.3, -0.25) is 4.68 Å². The van der Waals surface area contributed by atoms with Crippen LogP contribution in [0.5, 0.6) is 0 Å². The Morgan fingerprint density at radius 3 is 2.89 bits per heavy atom. The summed E-state index contributed by atoms with van der Waals surface area (Å²) in [6.45, 7) is 7.86. The summed E-state index contributed by atoms with van der Waals surface area (Å²) in [5, 5.41) is 5.50. The van der Waals surface area contributed by atoms with Crippen molar-refractivity contribution in [2.45, 2.75) is 39.8 Å². The second-order valence-electron chi connectivity index (χ2n) is 7.66. The van der Waals surface area contributed by atoms with Crippen LogP contribution >= 0.6 is 11.6 Å². The van der Waals surface area contributed by atoms with E-state index in [0.717, 1.165) is 40.4 Å². The van der Waals surface area contributed by atoms with E-state index in [4.69, 9.17) is 26.4 Å². The molecule has 7 heteroatoms. The molecule has 1 aromatic carbocycles. The Bertz CT molecular complexity index is 1090. The van der Waals surface area contributed by atoms with Gasteiger partial charge in [-0.2, -0.15) is 5.10 Å². The molecule has 3 aromatic rings. The molecule has 0 saturated carbocycles. The Balaban J connectivity index is 1.70. The van der Waals surface area contributed by atoms with Crippen molar-refractivity contribution in [2.75, 3.05) is 6.61 Å². The van der Waals surface area contributed by atoms with Crippen LogP contribution in [0.15, 0.2) is 35.7 Å². The number of halogens is 1. The van der Waals surface area contributed by atoms with E-state index < -0.39 is 0 Å². The van der Waals surface area contributed by atoms with Crippen molar-refractivity contribution in [1.82, 2.24) is 19.3 Å². The van der Waals surface area contributed by atoms with Gasteiger partial charge in [0, 0.05) is 35.3 Å². The van der Waals surface area contributed by atoms with Crippen LogP contribution in [0.25, 0.3) is 16.9 Å². The number of hydrogen-bond acceptors (Lipinski definition) is 4. The van der Waals surface area contributed by atoms with Gasteiger partial charge in [0.05, 0.1) is 23.1 Å². The van der Waals surface area contributed by atoms with E-state index in [1.165, 1.54) is 0 Å². The number of aryl methyl sites for hydroxylation is 1. The highest BCUT2D eigenvalue weighted by molar-refractivity contribution is 6.31. The molecule has 28 heavy (non-hydrogen) atoms. The summed E-state index contributed by atoms with van der Waals surface area (Å²) in [7, 11) is 0. The number of ether oxygens (including phenoxy) is 1. The first-order chi connectivity index (χ1) is 13.5. The minimum atomic E-state index is 0.183. The maximum Gasteiger partial charge on any atom is 0.237 e. The van der Waals surface area contributed by atoms with Crippen molar-refractivity contribution in [2.24, 2.45) is 10.9 Å². The summed E-state index contributed by atoms with van der Waals surface area (Å²) < 4.78 is 10.0. The number of fused-ring (bicyclic) bond motifs is 5. The highest BCUT2D eigenvalue weighted by Gasteiger charge is 2.30. The Kier molecular flexibility index (Phi) is 4.05. The number of nitrogens with zero attached hydrogens (tertiary/aromatic N) is 5. The Hall–Kier alpha value is -2.60. The maximum absolute atomic E-state index is 6.32. The van der Waals surface area contributed by atoms with Gasteiger partial charge >= 0.3 is 0 Å². The Morgan fingerprint density at radius 1 is 1.29 bits per heavy atom. The van der Waals surface area contributed by atoms with E-state index in [1.54, 1.807) is 0 Å². The van der Waals surface area contributed by atoms with Crippen molar-refractivity contribution < 1.29 is 4.74 Å². The van der Waals surface area contributed by atoms with Gasteiger partial charge in [-0.05, 0) is 31.0 Å². The fourth-order valence-electron chi connectivity index (χ4n) is 3.86. The summed E-state index contributed by atoms with van der Waals surface area (Å²) in [4.78, 5) is 9.48. The minimum Gasteiger partial charge on any atom is -0.474 e. The smallest absolute Gasteiger partial charge is 0.237 e. The lowest BCUT2D eigenvalue weighted by molar-refractivity contribution is 0.291. The fourth-order valence-corrected chi connectivity index (χ4v) is 4.03. The summed E-state index contributed by atoms with van der Waals surface area (Å²) in [5.74, 6) is 1.09. The predicted molar refractivity (Wildman–Crippen MR) is 109 cm³/mol. The summed E-state index contributed by atoms with van der Waals surface area (Å²) in [6.07, 6.45) is 4.68. The van der Waals surface area contributed by atoms with Gasteiger partial charge in [0.15, 0.2) is 0 Å². The Morgan fingerprint density at radius 2 is 2.14 bits per heavy atom. The number of hydrogen-bond donors (Lipinski definition) is 0. The Labute approximate surface area is 168 Å². The van der Waals surface area contributed by atoms with Gasteiger partial charge in [-0.25, -0.2) is 9.98 Å². The van der Waals surface area contributed by atoms with Crippen molar-refractivity contribution >= 4 is 17.5 Å². The summed E-state index contributed by atoms with van der Waals surface area (Å²) in [5.41, 5.74) is 6.07. The lowest BCUT2D eigenvalue weighted by atomic mass is 10.0. The van der Waals surface area contributed by atoms with Crippen molar-refractivity contribution in [3.8, 4) is 16.9 Å². The first-order valence-corrected chi connectivity index (χ1v) is 10.1. The highest BCUT2D eigenvalue weighted by Crippen LogP contribution is 2.37. The number of rotatable bonds is 3. The third-order valence-electron chi connectivity index (χ3n) is 5.51. The van der Waals surface area contributed by atoms with Crippen LogP contribution in [0, 0.1) is 5.92 Å². The SMILES string of the molecule is CCn1cc2c(n1)-c1cc(Cl)ccc1-n1cnc(C3=N[C@H](C(C)C)CO3)c1C2. The van der Waals surface area contributed by atoms with Gasteiger partial charge in [-0.1, -0.05) is 25.4 Å². The van der Waals surface area contributed by atoms with Gasteiger partial charge in [0.1, 0.15) is 18.6 Å². The third-order valence-corrected chi connectivity index (χ3v) is 5.74. The topological polar surface area (TPSA) is 57.2 Å². The fraction of sp³-hybridized carbons (Fsp3) is 0.381. The molecule has 0 fully saturated rings. The van der Waals surface area contributed by atoms with Crippen LogP contribution in [0.2, 0.25) is 5.02 Å². The molecule has 0 saturated heterocycles. The van der Waals surface area contributed by atoms with Crippen molar-refractivity contribution in [3.63, 3.8) is 0 Å². The largest absolute Gasteiger partial charge is 0.474 e.